The van der Waals surface area contributed by atoms with Crippen LogP contribution in [0, 0.1) is 0 Å². The number of carbonyl (C=O) groups excluding carboxylic acids is 1. The Kier molecular flexibility index (Phi) is 5.78. The Hall–Kier alpha value is -2.07. The summed E-state index contributed by atoms with van der Waals surface area (Å²) in [7, 11) is 1.49. The smallest absolute Gasteiger partial charge is 0.172 e. The van der Waals surface area contributed by atoms with Gasteiger partial charge in [-0.1, -0.05) is 36.4 Å². The first-order valence-corrected chi connectivity index (χ1v) is 7.71. The Balaban J connectivity index is 1.99. The van der Waals surface area contributed by atoms with Crippen molar-refractivity contribution in [3.63, 3.8) is 0 Å². The second kappa shape index (κ2) is 7.80. The second-order valence-electron chi connectivity index (χ2n) is 4.84. The maximum absolute atomic E-state index is 11.9. The van der Waals surface area contributed by atoms with Crippen molar-refractivity contribution >= 4 is 27.8 Å². The Morgan fingerprint density at radius 2 is 2.00 bits per heavy atom. The van der Waals surface area contributed by atoms with Crippen molar-refractivity contribution in [1.82, 2.24) is 0 Å². The van der Waals surface area contributed by atoms with E-state index in [4.69, 9.17) is 4.74 Å². The third-order valence-corrected chi connectivity index (χ3v) is 3.84. The molecule has 0 aromatic heterocycles. The van der Waals surface area contributed by atoms with Gasteiger partial charge in [-0.15, -0.1) is 0 Å². The zero-order chi connectivity index (χ0) is 15.9. The first kappa shape index (κ1) is 16.3. The molecule has 3 nitrogen and oxygen atoms in total. The maximum Gasteiger partial charge on any atom is 0.172 e. The van der Waals surface area contributed by atoms with Crippen LogP contribution < -0.4 is 4.74 Å². The molecule has 0 spiro atoms. The van der Waals surface area contributed by atoms with Crippen molar-refractivity contribution in [3.05, 3.63) is 64.1 Å². The highest BCUT2D eigenvalue weighted by molar-refractivity contribution is 9.10. The SMILES string of the molecule is COc1cc(C=CC(=O)CCc2ccccc2)cc(Br)c1O. The lowest BCUT2D eigenvalue weighted by atomic mass is 10.1. The molecule has 0 aliphatic rings. The monoisotopic (exact) mass is 360 g/mol. The van der Waals surface area contributed by atoms with Crippen LogP contribution in [0.2, 0.25) is 0 Å². The molecular formula is C18H17BrO3. The lowest BCUT2D eigenvalue weighted by Gasteiger charge is -2.06. The van der Waals surface area contributed by atoms with Crippen LogP contribution in [-0.2, 0) is 11.2 Å². The van der Waals surface area contributed by atoms with Crippen LogP contribution in [-0.4, -0.2) is 18.0 Å². The van der Waals surface area contributed by atoms with Crippen LogP contribution in [0.25, 0.3) is 6.08 Å². The van der Waals surface area contributed by atoms with Gasteiger partial charge in [-0.3, -0.25) is 4.79 Å². The van der Waals surface area contributed by atoms with E-state index < -0.39 is 0 Å². The standard InChI is InChI=1S/C18H17BrO3/c1-22-17-12-14(11-16(19)18(17)21)8-10-15(20)9-7-13-5-3-2-4-6-13/h2-6,8,10-12,21H,7,9H2,1H3. The topological polar surface area (TPSA) is 46.5 Å². The van der Waals surface area contributed by atoms with Crippen LogP contribution >= 0.6 is 15.9 Å². The van der Waals surface area contributed by atoms with Crippen LogP contribution in [0.4, 0.5) is 0 Å². The normalized spacial score (nSPS) is 10.8. The first-order valence-electron chi connectivity index (χ1n) is 6.91. The van der Waals surface area contributed by atoms with E-state index in [0.717, 1.165) is 17.5 Å². The summed E-state index contributed by atoms with van der Waals surface area (Å²) in [6, 6.07) is 13.3. The van der Waals surface area contributed by atoms with Crippen molar-refractivity contribution in [3.8, 4) is 11.5 Å². The number of phenols is 1. The molecule has 0 radical (unpaired) electrons. The molecule has 0 aliphatic heterocycles. The predicted molar refractivity (Wildman–Crippen MR) is 91.2 cm³/mol. The molecular weight excluding hydrogens is 344 g/mol. The summed E-state index contributed by atoms with van der Waals surface area (Å²) >= 11 is 3.26. The Bertz CT molecular complexity index is 678. The molecule has 0 fully saturated rings. The summed E-state index contributed by atoms with van der Waals surface area (Å²) in [5, 5.41) is 9.75. The number of benzene rings is 2. The van der Waals surface area contributed by atoms with Gasteiger partial charge in [0.25, 0.3) is 0 Å². The molecule has 22 heavy (non-hydrogen) atoms. The van der Waals surface area contributed by atoms with Gasteiger partial charge in [-0.2, -0.15) is 0 Å². The molecule has 0 saturated heterocycles. The highest BCUT2D eigenvalue weighted by atomic mass is 79.9. The van der Waals surface area contributed by atoms with E-state index >= 15 is 0 Å². The van der Waals surface area contributed by atoms with Crippen molar-refractivity contribution < 1.29 is 14.6 Å². The number of phenolic OH excluding ortho intramolecular Hbond substituents is 1. The molecule has 1 N–H and O–H groups in total. The summed E-state index contributed by atoms with van der Waals surface area (Å²) < 4.78 is 5.61. The third kappa shape index (κ3) is 4.46. The molecule has 0 saturated carbocycles. The van der Waals surface area contributed by atoms with Gasteiger partial charge in [0.2, 0.25) is 0 Å². The zero-order valence-electron chi connectivity index (χ0n) is 12.3. The minimum absolute atomic E-state index is 0.0510. The van der Waals surface area contributed by atoms with Gasteiger partial charge in [-0.25, -0.2) is 0 Å². The fraction of sp³-hybridized carbons (Fsp3) is 0.167. The van der Waals surface area contributed by atoms with E-state index in [9.17, 15) is 9.90 Å². The fourth-order valence-electron chi connectivity index (χ4n) is 2.03. The van der Waals surface area contributed by atoms with Gasteiger partial charge in [0.15, 0.2) is 17.3 Å². The van der Waals surface area contributed by atoms with Crippen LogP contribution in [0.5, 0.6) is 11.5 Å². The van der Waals surface area contributed by atoms with E-state index in [-0.39, 0.29) is 11.5 Å². The summed E-state index contributed by atoms with van der Waals surface area (Å²) in [5.41, 5.74) is 1.94. The van der Waals surface area contributed by atoms with Crippen LogP contribution in [0.3, 0.4) is 0 Å². The average Bonchev–Trinajstić information content (AvgIpc) is 2.54. The number of halogens is 1. The van der Waals surface area contributed by atoms with E-state index in [0.29, 0.717) is 16.6 Å². The molecule has 2 aromatic rings. The summed E-state index contributed by atoms with van der Waals surface area (Å²) in [5.74, 6) is 0.479. The van der Waals surface area contributed by atoms with Gasteiger partial charge in [-0.05, 0) is 51.7 Å². The molecule has 0 heterocycles. The van der Waals surface area contributed by atoms with Crippen molar-refractivity contribution in [1.29, 1.82) is 0 Å². The number of ether oxygens (including phenoxy) is 1. The summed E-state index contributed by atoms with van der Waals surface area (Å²) in [6.07, 6.45) is 4.48. The quantitative estimate of drug-likeness (QED) is 0.777. The number of aryl methyl sites for hydroxylation is 1. The predicted octanol–water partition coefficient (Wildman–Crippen LogP) is 4.38. The first-order chi connectivity index (χ1) is 10.6. The highest BCUT2D eigenvalue weighted by Gasteiger charge is 2.07. The molecule has 0 bridgehead atoms. The summed E-state index contributed by atoms with van der Waals surface area (Å²) in [6.45, 7) is 0. The van der Waals surface area contributed by atoms with Gasteiger partial charge >= 0.3 is 0 Å². The summed E-state index contributed by atoms with van der Waals surface area (Å²) in [4.78, 5) is 11.9. The van der Waals surface area contributed by atoms with Gasteiger partial charge in [0, 0.05) is 6.42 Å². The van der Waals surface area contributed by atoms with E-state index in [1.807, 2.05) is 30.3 Å². The van der Waals surface area contributed by atoms with Gasteiger partial charge in [0.05, 0.1) is 11.6 Å². The number of hydrogen-bond donors (Lipinski definition) is 1. The number of aromatic hydroxyl groups is 1. The van der Waals surface area contributed by atoms with E-state index in [1.54, 1.807) is 24.3 Å². The van der Waals surface area contributed by atoms with Crippen molar-refractivity contribution in [2.75, 3.05) is 7.11 Å². The molecule has 0 aliphatic carbocycles. The van der Waals surface area contributed by atoms with Crippen LogP contribution in [0.15, 0.2) is 53.0 Å². The molecule has 0 unspecified atom stereocenters. The average molecular weight is 361 g/mol. The Morgan fingerprint density at radius 1 is 1.27 bits per heavy atom. The minimum Gasteiger partial charge on any atom is -0.503 e. The number of rotatable bonds is 6. The molecule has 4 heteroatoms. The molecule has 2 aromatic carbocycles. The molecule has 114 valence electrons. The number of carbonyl (C=O) groups is 1. The van der Waals surface area contributed by atoms with E-state index in [2.05, 4.69) is 15.9 Å². The van der Waals surface area contributed by atoms with Gasteiger partial charge in [0.1, 0.15) is 0 Å². The molecule has 0 atom stereocenters. The van der Waals surface area contributed by atoms with Gasteiger partial charge < -0.3 is 9.84 Å². The third-order valence-electron chi connectivity index (χ3n) is 3.24. The Labute approximate surface area is 138 Å². The number of methoxy groups -OCH3 is 1. The molecule has 0 amide bonds. The zero-order valence-corrected chi connectivity index (χ0v) is 13.8. The van der Waals surface area contributed by atoms with Crippen molar-refractivity contribution in [2.45, 2.75) is 12.8 Å². The van der Waals surface area contributed by atoms with Crippen LogP contribution in [0.1, 0.15) is 17.5 Å². The largest absolute Gasteiger partial charge is 0.503 e. The molecule has 2 rings (SSSR count). The minimum atomic E-state index is 0.0510. The van der Waals surface area contributed by atoms with E-state index in [1.165, 1.54) is 7.11 Å². The Morgan fingerprint density at radius 3 is 2.68 bits per heavy atom. The number of hydrogen-bond acceptors (Lipinski definition) is 3. The fourth-order valence-corrected chi connectivity index (χ4v) is 2.49. The lowest BCUT2D eigenvalue weighted by molar-refractivity contribution is -0.114. The second-order valence-corrected chi connectivity index (χ2v) is 5.69. The number of ketones is 1. The number of allylic oxidation sites excluding steroid dienone is 1. The maximum atomic E-state index is 11.9. The highest BCUT2D eigenvalue weighted by Crippen LogP contribution is 2.35. The lowest BCUT2D eigenvalue weighted by Crippen LogP contribution is -1.95. The van der Waals surface area contributed by atoms with Crippen molar-refractivity contribution in [2.24, 2.45) is 0 Å².